The summed E-state index contributed by atoms with van der Waals surface area (Å²) in [5.41, 5.74) is 3.90. The first-order valence-corrected chi connectivity index (χ1v) is 25.4. The van der Waals surface area contributed by atoms with E-state index in [2.05, 4.69) is 31.2 Å². The molecule has 3 aromatic carbocycles. The van der Waals surface area contributed by atoms with E-state index < -0.39 is 58.7 Å². The minimum atomic E-state index is -1.03. The number of rotatable bonds is 20. The lowest BCUT2D eigenvalue weighted by Crippen LogP contribution is -2.58. The smallest absolute Gasteiger partial charge is 0.246 e. The van der Waals surface area contributed by atoms with E-state index in [-0.39, 0.29) is 93.4 Å². The highest BCUT2D eigenvalue weighted by Gasteiger charge is 2.45. The number of thiazole rings is 1. The molecule has 0 spiro atoms. The summed E-state index contributed by atoms with van der Waals surface area (Å²) in [6, 6.07) is 11.0. The minimum Gasteiger partial charge on any atom is -0.507 e. The lowest BCUT2D eigenvalue weighted by Gasteiger charge is -2.35. The zero-order chi connectivity index (χ0) is 52.6. The van der Waals surface area contributed by atoms with Crippen molar-refractivity contribution in [2.24, 2.45) is 5.41 Å². The molecular formula is C52H66F2N10O8S. The van der Waals surface area contributed by atoms with Crippen molar-refractivity contribution in [3.05, 3.63) is 82.5 Å². The molecule has 2 saturated heterocycles. The van der Waals surface area contributed by atoms with E-state index >= 15 is 4.39 Å². The fourth-order valence-electron chi connectivity index (χ4n) is 9.00. The lowest BCUT2D eigenvalue weighted by atomic mass is 9.85. The number of carbonyl (C=O) groups is 4. The van der Waals surface area contributed by atoms with E-state index in [0.717, 1.165) is 27.8 Å². The number of ether oxygens (including phenoxy) is 2. The first-order valence-electron chi connectivity index (χ1n) is 24.5. The number of piperazine rings is 1. The number of benzene rings is 3. The van der Waals surface area contributed by atoms with Crippen LogP contribution in [0.1, 0.15) is 63.4 Å². The Balaban J connectivity index is 0.846. The number of aliphatic hydroxyl groups is 1. The number of nitrogens with zero attached hydrogens (tertiary/aromatic N) is 6. The van der Waals surface area contributed by atoms with Gasteiger partial charge in [-0.2, -0.15) is 4.98 Å². The van der Waals surface area contributed by atoms with Crippen molar-refractivity contribution in [2.45, 2.75) is 78.6 Å². The Bertz CT molecular complexity index is 2750. The number of phenolic OH excluding ortho intramolecular Hbond substituents is 1. The van der Waals surface area contributed by atoms with Crippen LogP contribution in [0.5, 0.6) is 5.75 Å². The number of hydrogen-bond acceptors (Lipinski definition) is 15. The molecule has 0 saturated carbocycles. The second kappa shape index (κ2) is 24.1. The third-order valence-corrected chi connectivity index (χ3v) is 14.0. The molecule has 0 unspecified atom stereocenters. The van der Waals surface area contributed by atoms with Crippen molar-refractivity contribution in [3.8, 4) is 27.3 Å². The van der Waals surface area contributed by atoms with Gasteiger partial charge in [0.2, 0.25) is 29.6 Å². The molecule has 2 aliphatic rings. The summed E-state index contributed by atoms with van der Waals surface area (Å²) in [5, 5.41) is 33.7. The van der Waals surface area contributed by atoms with Gasteiger partial charge in [-0.1, -0.05) is 51.1 Å². The van der Waals surface area contributed by atoms with Crippen molar-refractivity contribution in [2.75, 3.05) is 89.5 Å². The third kappa shape index (κ3) is 13.2. The molecule has 2 aromatic heterocycles. The number of likely N-dealkylation sites (N-methyl/N-ethyl adjacent to an activating group) is 1. The van der Waals surface area contributed by atoms with Crippen molar-refractivity contribution >= 4 is 57.6 Å². The first kappa shape index (κ1) is 54.4. The second-order valence-electron chi connectivity index (χ2n) is 19.6. The molecule has 0 bridgehead atoms. The molecule has 0 aliphatic carbocycles. The van der Waals surface area contributed by atoms with Crippen molar-refractivity contribution in [3.63, 3.8) is 0 Å². The summed E-state index contributed by atoms with van der Waals surface area (Å²) in [7, 11) is 1.63. The van der Waals surface area contributed by atoms with E-state index in [4.69, 9.17) is 14.5 Å². The Labute approximate surface area is 427 Å². The number of phenols is 1. The average Bonchev–Trinajstić information content (AvgIpc) is 3.98. The maximum Gasteiger partial charge on any atom is 0.246 e. The number of aliphatic hydroxyl groups excluding tert-OH is 1. The highest BCUT2D eigenvalue weighted by molar-refractivity contribution is 7.13. The van der Waals surface area contributed by atoms with Crippen LogP contribution in [0.15, 0.2) is 54.0 Å². The maximum absolute atomic E-state index is 16.5. The summed E-state index contributed by atoms with van der Waals surface area (Å²) in [5.74, 6) is -3.02. The number of hydrogen-bond donors (Lipinski definition) is 6. The molecule has 5 aromatic rings. The molecule has 73 heavy (non-hydrogen) atoms. The molecule has 392 valence electrons. The predicted octanol–water partition coefficient (Wildman–Crippen LogP) is 5.09. The molecule has 2 fully saturated rings. The Morgan fingerprint density at radius 1 is 0.986 bits per heavy atom. The van der Waals surface area contributed by atoms with Gasteiger partial charge < -0.3 is 55.7 Å². The molecule has 21 heteroatoms. The van der Waals surface area contributed by atoms with Crippen LogP contribution in [0, 0.1) is 30.9 Å². The molecule has 7 rings (SSSR count). The van der Waals surface area contributed by atoms with Crippen LogP contribution < -0.4 is 26.2 Å². The van der Waals surface area contributed by atoms with Crippen LogP contribution >= 0.6 is 11.3 Å². The molecular weight excluding hydrogens is 963 g/mol. The van der Waals surface area contributed by atoms with Gasteiger partial charge in [-0.25, -0.2) is 18.7 Å². The SMILES string of the molecule is Cc1cc2c(N3CCNCC3)nc(NCCC(=O)N(C)CCOCCOCC(=O)N[C@H](C(=O)N3C[C@H](O)C[C@H]3C(=O)N[C@@H](C)c3ccc(-c4scnc4C)cc3)C(C)(C)C)nc2c(F)c1-c1c(O)cccc1F. The molecule has 6 N–H and O–H groups in total. The number of nitrogens with one attached hydrogen (secondary N) is 4. The Hall–Kier alpha value is -6.39. The van der Waals surface area contributed by atoms with Gasteiger partial charge in [0.15, 0.2) is 5.82 Å². The molecule has 4 heterocycles. The van der Waals surface area contributed by atoms with Crippen LogP contribution in [-0.4, -0.2) is 156 Å². The molecule has 18 nitrogen and oxygen atoms in total. The van der Waals surface area contributed by atoms with Gasteiger partial charge in [0.1, 0.15) is 41.6 Å². The number of aryl methyl sites for hydroxylation is 2. The number of carbonyl (C=O) groups excluding carboxylic acids is 4. The zero-order valence-electron chi connectivity index (χ0n) is 42.4. The van der Waals surface area contributed by atoms with Crippen LogP contribution in [-0.2, 0) is 28.7 Å². The summed E-state index contributed by atoms with van der Waals surface area (Å²) < 4.78 is 42.7. The van der Waals surface area contributed by atoms with Gasteiger partial charge in [0, 0.05) is 76.7 Å². The number of amides is 4. The molecule has 4 atom stereocenters. The fourth-order valence-corrected chi connectivity index (χ4v) is 9.81. The monoisotopic (exact) mass is 1030 g/mol. The Kier molecular flexibility index (Phi) is 18.0. The normalized spacial score (nSPS) is 16.8. The number of anilines is 2. The summed E-state index contributed by atoms with van der Waals surface area (Å²) in [6.45, 7) is 13.8. The quantitative estimate of drug-likeness (QED) is 0.0559. The average molecular weight is 1030 g/mol. The van der Waals surface area contributed by atoms with Gasteiger partial charge in [0.05, 0.1) is 53.6 Å². The molecule has 0 radical (unpaired) electrons. The number of halogens is 2. The minimum absolute atomic E-state index is 0.0499. The summed E-state index contributed by atoms with van der Waals surface area (Å²) >= 11 is 1.56. The Morgan fingerprint density at radius 2 is 1.71 bits per heavy atom. The Morgan fingerprint density at radius 3 is 2.40 bits per heavy atom. The lowest BCUT2D eigenvalue weighted by molar-refractivity contribution is -0.144. The van der Waals surface area contributed by atoms with E-state index in [9.17, 15) is 33.8 Å². The van der Waals surface area contributed by atoms with Crippen molar-refractivity contribution in [1.29, 1.82) is 0 Å². The summed E-state index contributed by atoms with van der Waals surface area (Å²) in [4.78, 5) is 73.4. The van der Waals surface area contributed by atoms with Gasteiger partial charge in [-0.3, -0.25) is 19.2 Å². The van der Waals surface area contributed by atoms with Gasteiger partial charge in [-0.15, -0.1) is 11.3 Å². The van der Waals surface area contributed by atoms with Crippen LogP contribution in [0.2, 0.25) is 0 Å². The van der Waals surface area contributed by atoms with Gasteiger partial charge >= 0.3 is 0 Å². The fraction of sp³-hybridized carbons (Fsp3) is 0.481. The van der Waals surface area contributed by atoms with Gasteiger partial charge in [0.25, 0.3) is 0 Å². The first-order chi connectivity index (χ1) is 34.8. The van der Waals surface area contributed by atoms with Crippen LogP contribution in [0.3, 0.4) is 0 Å². The number of fused-ring (bicyclic) bond motifs is 1. The standard InChI is InChI=1S/C52H66F2N10O8S/c1-30-25-36-45(44(54)42(30)43-37(53)9-8-10-39(43)66)60-51(61-48(36)63-19-17-55-18-20-63)56-16-15-41(68)62(7)21-22-71-23-24-72-28-40(67)59-47(52(4,5)6)50(70)64-27-35(65)26-38(64)49(69)58-31(2)33-11-13-34(14-12-33)46-32(3)57-29-73-46/h8-14,25,29,31,35,38,47,55,65-66H,15-24,26-28H2,1-7H3,(H,58,69)(H,59,67)(H,56,60,61)/t31-,35+,38-,47+/m0/s1. The largest absolute Gasteiger partial charge is 0.507 e. The zero-order valence-corrected chi connectivity index (χ0v) is 43.2. The second-order valence-corrected chi connectivity index (χ2v) is 20.4. The van der Waals surface area contributed by atoms with Crippen molar-refractivity contribution < 1.29 is 47.6 Å². The van der Waals surface area contributed by atoms with Gasteiger partial charge in [-0.05, 0) is 61.1 Å². The number of aromatic nitrogens is 3. The number of β-amino-alcohol motifs (C(OH)–C–C–N with tert-alkyl or cyclic N) is 1. The summed E-state index contributed by atoms with van der Waals surface area (Å²) in [6.07, 6.45) is -0.805. The van der Waals surface area contributed by atoms with Crippen LogP contribution in [0.25, 0.3) is 32.5 Å². The molecule has 4 amide bonds. The van der Waals surface area contributed by atoms with E-state index in [1.807, 2.05) is 43.0 Å². The van der Waals surface area contributed by atoms with E-state index in [1.54, 1.807) is 57.7 Å². The van der Waals surface area contributed by atoms with Crippen molar-refractivity contribution in [1.82, 2.24) is 40.7 Å². The third-order valence-electron chi connectivity index (χ3n) is 13.1. The number of aromatic hydroxyl groups is 1. The topological polar surface area (TPSA) is 224 Å². The number of likely N-dealkylation sites (tertiary alicyclic amines) is 1. The maximum atomic E-state index is 16.5. The van der Waals surface area contributed by atoms with E-state index in [0.29, 0.717) is 42.9 Å². The molecule has 2 aliphatic heterocycles. The highest BCUT2D eigenvalue weighted by atomic mass is 32.1. The predicted molar refractivity (Wildman–Crippen MR) is 275 cm³/mol. The van der Waals surface area contributed by atoms with E-state index in [1.165, 1.54) is 21.9 Å². The van der Waals surface area contributed by atoms with Crippen LogP contribution in [0.4, 0.5) is 20.5 Å². The highest BCUT2D eigenvalue weighted by Crippen LogP contribution is 2.40.